The van der Waals surface area contributed by atoms with Crippen molar-refractivity contribution in [2.24, 2.45) is 11.1 Å². The van der Waals surface area contributed by atoms with Gasteiger partial charge in [0.05, 0.1) is 11.5 Å². The molecule has 1 aliphatic rings. The highest BCUT2D eigenvalue weighted by Gasteiger charge is 2.38. The summed E-state index contributed by atoms with van der Waals surface area (Å²) >= 11 is 1.61. The molecule has 0 aliphatic heterocycles. The van der Waals surface area contributed by atoms with Crippen LogP contribution in [0.15, 0.2) is 30.5 Å². The van der Waals surface area contributed by atoms with Crippen LogP contribution in [0.2, 0.25) is 0 Å². The molecule has 1 heterocycles. The topological polar surface area (TPSA) is 71.9 Å². The fourth-order valence-electron chi connectivity index (χ4n) is 2.34. The third kappa shape index (κ3) is 2.92. The summed E-state index contributed by atoms with van der Waals surface area (Å²) in [5.74, 6) is 0.802. The first kappa shape index (κ1) is 14.1. The molecular formula is C16H17N3OS. The highest BCUT2D eigenvalue weighted by molar-refractivity contribution is 7.15. The van der Waals surface area contributed by atoms with Crippen molar-refractivity contribution < 1.29 is 4.74 Å². The van der Waals surface area contributed by atoms with Gasteiger partial charge in [0.25, 0.3) is 0 Å². The first-order chi connectivity index (χ1) is 10.2. The second-order valence-corrected chi connectivity index (χ2v) is 6.51. The summed E-state index contributed by atoms with van der Waals surface area (Å²) in [7, 11) is 0. The van der Waals surface area contributed by atoms with E-state index in [2.05, 4.69) is 11.1 Å². The number of nitrogens with two attached hydrogens (primary N) is 1. The van der Waals surface area contributed by atoms with Crippen molar-refractivity contribution in [2.75, 3.05) is 6.61 Å². The smallest absolute Gasteiger partial charge is 0.123 e. The normalized spacial score (nSPS) is 16.0. The van der Waals surface area contributed by atoms with E-state index in [9.17, 15) is 5.26 Å². The lowest BCUT2D eigenvalue weighted by molar-refractivity contribution is 0.115. The van der Waals surface area contributed by atoms with Crippen LogP contribution in [-0.4, -0.2) is 11.6 Å². The van der Waals surface area contributed by atoms with Crippen molar-refractivity contribution in [3.8, 4) is 22.4 Å². The number of nitrogens with zero attached hydrogens (tertiary/aromatic N) is 2. The fourth-order valence-corrected chi connectivity index (χ4v) is 3.14. The summed E-state index contributed by atoms with van der Waals surface area (Å²) in [6.07, 6.45) is 4.84. The number of hydrogen-bond acceptors (Lipinski definition) is 5. The fraction of sp³-hybridized carbons (Fsp3) is 0.375. The number of rotatable bonds is 5. The van der Waals surface area contributed by atoms with E-state index in [1.807, 2.05) is 30.5 Å². The maximum atomic E-state index is 9.19. The number of ether oxygens (including phenoxy) is 1. The van der Waals surface area contributed by atoms with Crippen molar-refractivity contribution in [3.05, 3.63) is 35.3 Å². The number of hydrogen-bond donors (Lipinski definition) is 1. The molecule has 0 saturated heterocycles. The van der Waals surface area contributed by atoms with Gasteiger partial charge in [0.2, 0.25) is 0 Å². The largest absolute Gasteiger partial charge is 0.492 e. The maximum absolute atomic E-state index is 9.19. The molecule has 108 valence electrons. The Morgan fingerprint density at radius 1 is 1.33 bits per heavy atom. The molecule has 3 rings (SSSR count). The summed E-state index contributed by atoms with van der Waals surface area (Å²) in [5, 5.41) is 10.2. The van der Waals surface area contributed by atoms with E-state index >= 15 is 0 Å². The first-order valence-corrected chi connectivity index (χ1v) is 7.86. The summed E-state index contributed by atoms with van der Waals surface area (Å²) in [4.78, 5) is 5.44. The Hall–Kier alpha value is -1.90. The Morgan fingerprint density at radius 3 is 2.62 bits per heavy atom. The van der Waals surface area contributed by atoms with E-state index < -0.39 is 0 Å². The molecule has 1 aliphatic carbocycles. The second-order valence-electron chi connectivity index (χ2n) is 5.39. The third-order valence-corrected chi connectivity index (χ3v) is 4.99. The Morgan fingerprint density at radius 2 is 2.10 bits per heavy atom. The zero-order chi connectivity index (χ0) is 14.7. The molecule has 0 unspecified atom stereocenters. The van der Waals surface area contributed by atoms with Gasteiger partial charge in [0.1, 0.15) is 17.4 Å². The van der Waals surface area contributed by atoms with Crippen LogP contribution < -0.4 is 10.5 Å². The molecule has 1 aromatic heterocycles. The lowest BCUT2D eigenvalue weighted by Crippen LogP contribution is -2.34. The SMILES string of the molecule is N#CC1(COc2ccc(-c3ncc(CN)s3)cc2)CCC1. The zero-order valence-corrected chi connectivity index (χ0v) is 12.5. The quantitative estimate of drug-likeness (QED) is 0.919. The Labute approximate surface area is 128 Å². The number of aromatic nitrogens is 1. The van der Waals surface area contributed by atoms with Gasteiger partial charge in [0, 0.05) is 23.2 Å². The molecule has 4 nitrogen and oxygen atoms in total. The minimum absolute atomic E-state index is 0.260. The van der Waals surface area contributed by atoms with E-state index in [1.165, 1.54) is 0 Å². The first-order valence-electron chi connectivity index (χ1n) is 7.04. The van der Waals surface area contributed by atoms with Crippen LogP contribution >= 0.6 is 11.3 Å². The Kier molecular flexibility index (Phi) is 3.91. The molecule has 2 aromatic rings. The van der Waals surface area contributed by atoms with Crippen molar-refractivity contribution in [1.82, 2.24) is 4.98 Å². The zero-order valence-electron chi connectivity index (χ0n) is 11.7. The van der Waals surface area contributed by atoms with E-state index in [-0.39, 0.29) is 5.41 Å². The molecule has 21 heavy (non-hydrogen) atoms. The molecule has 0 radical (unpaired) electrons. The minimum Gasteiger partial charge on any atom is -0.492 e. The van der Waals surface area contributed by atoms with Crippen LogP contribution in [0.4, 0.5) is 0 Å². The van der Waals surface area contributed by atoms with Crippen LogP contribution in [0.1, 0.15) is 24.1 Å². The standard InChI is InChI=1S/C16H17N3OS/c17-8-14-9-19-15(21-14)12-2-4-13(5-3-12)20-11-16(10-18)6-1-7-16/h2-5,9H,1,6-8,11,17H2. The summed E-state index contributed by atoms with van der Waals surface area (Å²) in [6.45, 7) is 1.01. The number of thiazole rings is 1. The van der Waals surface area contributed by atoms with Gasteiger partial charge in [-0.25, -0.2) is 4.98 Å². The number of benzene rings is 1. The van der Waals surface area contributed by atoms with Crippen LogP contribution in [0.3, 0.4) is 0 Å². The molecule has 1 saturated carbocycles. The lowest BCUT2D eigenvalue weighted by Gasteiger charge is -2.34. The van der Waals surface area contributed by atoms with E-state index in [4.69, 9.17) is 10.5 Å². The molecular weight excluding hydrogens is 282 g/mol. The van der Waals surface area contributed by atoms with Crippen molar-refractivity contribution in [1.29, 1.82) is 5.26 Å². The average Bonchev–Trinajstić information content (AvgIpc) is 2.96. The highest BCUT2D eigenvalue weighted by atomic mass is 32.1. The molecule has 0 spiro atoms. The van der Waals surface area contributed by atoms with Crippen molar-refractivity contribution in [3.63, 3.8) is 0 Å². The predicted molar refractivity (Wildman–Crippen MR) is 82.8 cm³/mol. The third-order valence-electron chi connectivity index (χ3n) is 3.92. The Balaban J connectivity index is 1.65. The van der Waals surface area contributed by atoms with Crippen molar-refractivity contribution in [2.45, 2.75) is 25.8 Å². The molecule has 0 bridgehead atoms. The van der Waals surface area contributed by atoms with Gasteiger partial charge in [-0.1, -0.05) is 6.42 Å². The predicted octanol–water partition coefficient (Wildman–Crippen LogP) is 3.34. The van der Waals surface area contributed by atoms with E-state index in [1.54, 1.807) is 11.3 Å². The summed E-state index contributed by atoms with van der Waals surface area (Å²) < 4.78 is 5.76. The molecule has 0 amide bonds. The van der Waals surface area contributed by atoms with Gasteiger partial charge < -0.3 is 10.5 Å². The van der Waals surface area contributed by atoms with E-state index in [0.29, 0.717) is 13.2 Å². The molecule has 2 N–H and O–H groups in total. The Bertz CT molecular complexity index is 653. The van der Waals surface area contributed by atoms with Gasteiger partial charge in [-0.2, -0.15) is 5.26 Å². The lowest BCUT2D eigenvalue weighted by atomic mass is 9.71. The minimum atomic E-state index is -0.260. The van der Waals surface area contributed by atoms with E-state index in [0.717, 1.165) is 40.5 Å². The molecule has 1 fully saturated rings. The van der Waals surface area contributed by atoms with Crippen LogP contribution in [0.25, 0.3) is 10.6 Å². The van der Waals surface area contributed by atoms with Crippen LogP contribution in [0, 0.1) is 16.7 Å². The van der Waals surface area contributed by atoms with Gasteiger partial charge in [-0.3, -0.25) is 0 Å². The summed E-state index contributed by atoms with van der Waals surface area (Å²) in [5.41, 5.74) is 6.40. The van der Waals surface area contributed by atoms with Gasteiger partial charge >= 0.3 is 0 Å². The van der Waals surface area contributed by atoms with Crippen LogP contribution in [0.5, 0.6) is 5.75 Å². The number of nitriles is 1. The molecule has 1 aromatic carbocycles. The maximum Gasteiger partial charge on any atom is 0.123 e. The van der Waals surface area contributed by atoms with Crippen LogP contribution in [-0.2, 0) is 6.54 Å². The van der Waals surface area contributed by atoms with Crippen molar-refractivity contribution >= 4 is 11.3 Å². The van der Waals surface area contributed by atoms with Gasteiger partial charge in [-0.05, 0) is 37.1 Å². The highest BCUT2D eigenvalue weighted by Crippen LogP contribution is 2.40. The molecule has 5 heteroatoms. The summed E-state index contributed by atoms with van der Waals surface area (Å²) in [6, 6.07) is 10.2. The van der Waals surface area contributed by atoms with Gasteiger partial charge in [0.15, 0.2) is 0 Å². The van der Waals surface area contributed by atoms with Gasteiger partial charge in [-0.15, -0.1) is 11.3 Å². The average molecular weight is 299 g/mol. The molecule has 0 atom stereocenters. The monoisotopic (exact) mass is 299 g/mol. The second kappa shape index (κ2) is 5.84.